The first kappa shape index (κ1) is 22.8. The van der Waals surface area contributed by atoms with Gasteiger partial charge in [0.15, 0.2) is 0 Å². The molecule has 0 aromatic heterocycles. The van der Waals surface area contributed by atoms with Crippen molar-refractivity contribution in [1.82, 2.24) is 9.62 Å². The molecule has 162 valence electrons. The summed E-state index contributed by atoms with van der Waals surface area (Å²) in [6.45, 7) is 6.96. The van der Waals surface area contributed by atoms with E-state index in [1.807, 2.05) is 31.2 Å². The Bertz CT molecular complexity index is 1020. The van der Waals surface area contributed by atoms with Crippen LogP contribution in [0.2, 0.25) is 5.02 Å². The van der Waals surface area contributed by atoms with E-state index in [1.165, 1.54) is 28.1 Å². The maximum absolute atomic E-state index is 13.2. The second-order valence-electron chi connectivity index (χ2n) is 8.34. The van der Waals surface area contributed by atoms with Crippen molar-refractivity contribution in [3.05, 3.63) is 64.2 Å². The topological polar surface area (TPSA) is 66.5 Å². The minimum absolute atomic E-state index is 0.0187. The van der Waals surface area contributed by atoms with Crippen molar-refractivity contribution >= 4 is 27.5 Å². The monoisotopic (exact) mass is 448 g/mol. The number of carbonyl (C=O) groups is 1. The van der Waals surface area contributed by atoms with E-state index in [0.29, 0.717) is 25.4 Å². The number of halogens is 1. The van der Waals surface area contributed by atoms with E-state index in [1.54, 1.807) is 0 Å². The summed E-state index contributed by atoms with van der Waals surface area (Å²) in [5.41, 5.74) is 2.38. The molecular formula is C23H29ClN2O3S. The molecule has 0 aliphatic carbocycles. The van der Waals surface area contributed by atoms with E-state index in [2.05, 4.69) is 19.2 Å². The minimum Gasteiger partial charge on any atom is -0.350 e. The summed E-state index contributed by atoms with van der Waals surface area (Å²) < 4.78 is 27.9. The molecule has 1 N–H and O–H groups in total. The van der Waals surface area contributed by atoms with Gasteiger partial charge in [0.1, 0.15) is 0 Å². The van der Waals surface area contributed by atoms with Crippen LogP contribution in [0.1, 0.15) is 55.1 Å². The van der Waals surface area contributed by atoms with Crippen LogP contribution >= 0.6 is 11.6 Å². The van der Waals surface area contributed by atoms with Gasteiger partial charge in [-0.1, -0.05) is 49.7 Å². The van der Waals surface area contributed by atoms with Gasteiger partial charge in [-0.25, -0.2) is 8.42 Å². The Kier molecular flexibility index (Phi) is 7.22. The van der Waals surface area contributed by atoms with E-state index < -0.39 is 10.0 Å². The lowest BCUT2D eigenvalue weighted by Gasteiger charge is -2.28. The smallest absolute Gasteiger partial charge is 0.253 e. The number of rotatable bonds is 7. The summed E-state index contributed by atoms with van der Waals surface area (Å²) >= 11 is 6.24. The van der Waals surface area contributed by atoms with Gasteiger partial charge in [0.05, 0.1) is 15.5 Å². The van der Waals surface area contributed by atoms with Crippen molar-refractivity contribution in [3.63, 3.8) is 0 Å². The second kappa shape index (κ2) is 9.50. The molecule has 7 heteroatoms. The average Bonchev–Trinajstić information content (AvgIpc) is 2.72. The van der Waals surface area contributed by atoms with Crippen LogP contribution < -0.4 is 5.32 Å². The average molecular weight is 449 g/mol. The quantitative estimate of drug-likeness (QED) is 0.670. The highest BCUT2D eigenvalue weighted by Crippen LogP contribution is 2.27. The van der Waals surface area contributed by atoms with Crippen LogP contribution in [-0.4, -0.2) is 31.2 Å². The van der Waals surface area contributed by atoms with Crippen LogP contribution in [0.25, 0.3) is 0 Å². The van der Waals surface area contributed by atoms with Crippen LogP contribution in [0.5, 0.6) is 0 Å². The molecule has 0 bridgehead atoms. The summed E-state index contributed by atoms with van der Waals surface area (Å²) in [4.78, 5) is 12.8. The van der Waals surface area contributed by atoms with Crippen molar-refractivity contribution in [2.24, 2.45) is 5.92 Å². The Morgan fingerprint density at radius 3 is 2.50 bits per heavy atom. The lowest BCUT2D eigenvalue weighted by atomic mass is 10.0. The third-order valence-corrected chi connectivity index (χ3v) is 7.64. The molecule has 0 spiro atoms. The van der Waals surface area contributed by atoms with Crippen LogP contribution in [-0.2, 0) is 23.0 Å². The molecule has 2 aromatic rings. The van der Waals surface area contributed by atoms with Crippen molar-refractivity contribution in [1.29, 1.82) is 0 Å². The van der Waals surface area contributed by atoms with Gasteiger partial charge in [-0.15, -0.1) is 0 Å². The fourth-order valence-corrected chi connectivity index (χ4v) is 5.27. The van der Waals surface area contributed by atoms with Gasteiger partial charge in [-0.2, -0.15) is 4.31 Å². The molecule has 1 aliphatic rings. The summed E-state index contributed by atoms with van der Waals surface area (Å²) in [6, 6.07) is 12.2. The predicted molar refractivity (Wildman–Crippen MR) is 120 cm³/mol. The molecule has 30 heavy (non-hydrogen) atoms. The zero-order valence-electron chi connectivity index (χ0n) is 17.7. The van der Waals surface area contributed by atoms with E-state index in [-0.39, 0.29) is 27.4 Å². The Balaban J connectivity index is 1.79. The largest absolute Gasteiger partial charge is 0.350 e. The number of sulfonamides is 1. The maximum Gasteiger partial charge on any atom is 0.253 e. The van der Waals surface area contributed by atoms with E-state index >= 15 is 0 Å². The molecule has 0 radical (unpaired) electrons. The maximum atomic E-state index is 13.2. The first-order valence-corrected chi connectivity index (χ1v) is 12.2. The van der Waals surface area contributed by atoms with Crippen LogP contribution in [0.15, 0.2) is 47.4 Å². The molecule has 0 saturated heterocycles. The number of hydrogen-bond donors (Lipinski definition) is 1. The number of fused-ring (bicyclic) bond motifs is 1. The Hall–Kier alpha value is -1.89. The molecule has 1 amide bonds. The highest BCUT2D eigenvalue weighted by molar-refractivity contribution is 7.89. The van der Waals surface area contributed by atoms with Crippen LogP contribution in [0.4, 0.5) is 0 Å². The lowest BCUT2D eigenvalue weighted by Crippen LogP contribution is -2.36. The lowest BCUT2D eigenvalue weighted by molar-refractivity contribution is 0.0937. The number of carbonyl (C=O) groups excluding carboxylic acids is 1. The van der Waals surface area contributed by atoms with Crippen LogP contribution in [0.3, 0.4) is 0 Å². The molecule has 0 fully saturated rings. The first-order valence-electron chi connectivity index (χ1n) is 10.4. The Labute approximate surface area is 184 Å². The van der Waals surface area contributed by atoms with E-state index in [4.69, 9.17) is 11.6 Å². The zero-order valence-corrected chi connectivity index (χ0v) is 19.3. The highest BCUT2D eigenvalue weighted by atomic mass is 35.5. The molecule has 1 aliphatic heterocycles. The number of nitrogens with zero attached hydrogens (tertiary/aromatic N) is 1. The van der Waals surface area contributed by atoms with Gasteiger partial charge >= 0.3 is 0 Å². The standard InChI is InChI=1S/C23H29ClN2O3S/c1-16(2)8-9-17(3)25-23(27)21-14-20(10-11-22(21)24)30(28,29)26-13-12-18-6-4-5-7-19(18)15-26/h4-7,10-11,14,16-17H,8-9,12-13,15H2,1-3H3,(H,25,27). The second-order valence-corrected chi connectivity index (χ2v) is 10.7. The van der Waals surface area contributed by atoms with Crippen LogP contribution in [0, 0.1) is 5.92 Å². The summed E-state index contributed by atoms with van der Waals surface area (Å²) in [5.74, 6) is 0.202. The Morgan fingerprint density at radius 2 is 1.80 bits per heavy atom. The zero-order chi connectivity index (χ0) is 21.9. The number of nitrogens with one attached hydrogen (secondary N) is 1. The molecule has 2 aromatic carbocycles. The third-order valence-electron chi connectivity index (χ3n) is 5.47. The van der Waals surface area contributed by atoms with Crippen molar-refractivity contribution < 1.29 is 13.2 Å². The molecule has 1 atom stereocenters. The molecule has 1 heterocycles. The van der Waals surface area contributed by atoms with Crippen molar-refractivity contribution in [2.45, 2.75) is 57.5 Å². The highest BCUT2D eigenvalue weighted by Gasteiger charge is 2.29. The minimum atomic E-state index is -3.73. The van der Waals surface area contributed by atoms with Crippen molar-refractivity contribution in [2.75, 3.05) is 6.54 Å². The van der Waals surface area contributed by atoms with E-state index in [0.717, 1.165) is 18.4 Å². The third kappa shape index (κ3) is 5.23. The van der Waals surface area contributed by atoms with Gasteiger partial charge in [-0.3, -0.25) is 4.79 Å². The van der Waals surface area contributed by atoms with Gasteiger partial charge in [0.25, 0.3) is 5.91 Å². The number of benzene rings is 2. The summed E-state index contributed by atoms with van der Waals surface area (Å²) in [5, 5.41) is 3.17. The summed E-state index contributed by atoms with van der Waals surface area (Å²) in [6.07, 6.45) is 2.52. The number of hydrogen-bond acceptors (Lipinski definition) is 3. The van der Waals surface area contributed by atoms with Crippen molar-refractivity contribution in [3.8, 4) is 0 Å². The SMILES string of the molecule is CC(C)CCC(C)NC(=O)c1cc(S(=O)(=O)N2CCc3ccccc3C2)ccc1Cl. The van der Waals surface area contributed by atoms with E-state index in [9.17, 15) is 13.2 Å². The van der Waals surface area contributed by atoms with Gasteiger partial charge in [0, 0.05) is 19.1 Å². The first-order chi connectivity index (χ1) is 14.2. The summed E-state index contributed by atoms with van der Waals surface area (Å²) in [7, 11) is -3.73. The fourth-order valence-electron chi connectivity index (χ4n) is 3.62. The van der Waals surface area contributed by atoms with Gasteiger partial charge in [0.2, 0.25) is 10.0 Å². The molecule has 1 unspecified atom stereocenters. The molecule has 0 saturated carbocycles. The number of amides is 1. The fraction of sp³-hybridized carbons (Fsp3) is 0.435. The van der Waals surface area contributed by atoms with Gasteiger partial charge in [-0.05, 0) is 61.4 Å². The molecule has 3 rings (SSSR count). The normalized spacial score (nSPS) is 15.6. The molecule has 5 nitrogen and oxygen atoms in total. The molecular weight excluding hydrogens is 420 g/mol. The Morgan fingerprint density at radius 1 is 1.10 bits per heavy atom. The predicted octanol–water partition coefficient (Wildman–Crippen LogP) is 4.64. The van der Waals surface area contributed by atoms with Gasteiger partial charge < -0.3 is 5.32 Å².